The van der Waals surface area contributed by atoms with Gasteiger partial charge < -0.3 is 9.47 Å². The fourth-order valence-corrected chi connectivity index (χ4v) is 3.62. The molecule has 0 aromatic heterocycles. The molecule has 1 amide bonds. The first kappa shape index (κ1) is 16.4. The summed E-state index contributed by atoms with van der Waals surface area (Å²) in [6.07, 6.45) is 2.44. The Bertz CT molecular complexity index is 400. The van der Waals surface area contributed by atoms with Crippen LogP contribution in [-0.2, 0) is 24.3 Å². The average Bonchev–Trinajstić information content (AvgIpc) is 2.78. The van der Waals surface area contributed by atoms with Crippen molar-refractivity contribution in [1.29, 1.82) is 0 Å². The summed E-state index contributed by atoms with van der Waals surface area (Å²) >= 11 is 0. The van der Waals surface area contributed by atoms with Crippen molar-refractivity contribution in [2.75, 3.05) is 19.5 Å². The van der Waals surface area contributed by atoms with Crippen LogP contribution in [0.2, 0.25) is 0 Å². The summed E-state index contributed by atoms with van der Waals surface area (Å²) in [6, 6.07) is 0. The molecule has 6 nitrogen and oxygen atoms in total. The summed E-state index contributed by atoms with van der Waals surface area (Å²) in [4.78, 5) is 12.2. The minimum Gasteiger partial charge on any atom is -0.381 e. The van der Waals surface area contributed by atoms with Crippen molar-refractivity contribution in [1.82, 2.24) is 4.72 Å². The lowest BCUT2D eigenvalue weighted by Gasteiger charge is -2.27. The Labute approximate surface area is 114 Å². The van der Waals surface area contributed by atoms with E-state index in [-0.39, 0.29) is 5.75 Å². The third kappa shape index (κ3) is 4.43. The molecule has 0 unspecified atom stereocenters. The molecule has 1 aliphatic carbocycles. The predicted octanol–water partition coefficient (Wildman–Crippen LogP) is 0.817. The second kappa shape index (κ2) is 6.67. The number of rotatable bonds is 7. The fraction of sp³-hybridized carbons (Fsp3) is 0.917. The van der Waals surface area contributed by atoms with Gasteiger partial charge in [0.1, 0.15) is 5.60 Å². The van der Waals surface area contributed by atoms with Gasteiger partial charge in [-0.15, -0.1) is 0 Å². The monoisotopic (exact) mass is 293 g/mol. The van der Waals surface area contributed by atoms with Gasteiger partial charge in [0, 0.05) is 13.7 Å². The summed E-state index contributed by atoms with van der Waals surface area (Å²) in [7, 11) is -2.26. The second-order valence-electron chi connectivity index (χ2n) is 4.89. The van der Waals surface area contributed by atoms with Gasteiger partial charge in [0.15, 0.2) is 0 Å². The molecule has 112 valence electrons. The van der Waals surface area contributed by atoms with Gasteiger partial charge in [0.25, 0.3) is 5.91 Å². The van der Waals surface area contributed by atoms with Crippen molar-refractivity contribution < 1.29 is 22.7 Å². The Morgan fingerprint density at radius 1 is 1.37 bits per heavy atom. The number of carbonyl (C=O) groups excluding carboxylic acids is 1. The van der Waals surface area contributed by atoms with Crippen LogP contribution in [0.25, 0.3) is 0 Å². The van der Waals surface area contributed by atoms with Crippen LogP contribution >= 0.6 is 0 Å². The Balaban J connectivity index is 2.72. The molecule has 1 N–H and O–H groups in total. The molecule has 1 fully saturated rings. The van der Waals surface area contributed by atoms with Crippen molar-refractivity contribution in [2.24, 2.45) is 0 Å². The first-order valence-electron chi connectivity index (χ1n) is 6.57. The predicted molar refractivity (Wildman–Crippen MR) is 71.2 cm³/mol. The minimum absolute atomic E-state index is 0.239. The van der Waals surface area contributed by atoms with E-state index in [9.17, 15) is 13.2 Å². The van der Waals surface area contributed by atoms with Gasteiger partial charge in [0.05, 0.1) is 11.9 Å². The van der Waals surface area contributed by atoms with Gasteiger partial charge in [-0.05, 0) is 39.5 Å². The number of hydrogen-bond acceptors (Lipinski definition) is 5. The van der Waals surface area contributed by atoms with E-state index in [2.05, 4.69) is 4.72 Å². The van der Waals surface area contributed by atoms with Crippen LogP contribution in [0.4, 0.5) is 0 Å². The van der Waals surface area contributed by atoms with Crippen LogP contribution in [0, 0.1) is 0 Å². The lowest BCUT2D eigenvalue weighted by atomic mass is 10.0. The average molecular weight is 293 g/mol. The van der Waals surface area contributed by atoms with Crippen LogP contribution in [0.15, 0.2) is 0 Å². The number of nitrogens with one attached hydrogen (secondary N) is 1. The Morgan fingerprint density at radius 3 is 2.42 bits per heavy atom. The molecule has 0 aliphatic heterocycles. The van der Waals surface area contributed by atoms with E-state index in [1.807, 2.05) is 0 Å². The molecule has 0 saturated heterocycles. The van der Waals surface area contributed by atoms with E-state index in [0.717, 1.165) is 12.8 Å². The van der Waals surface area contributed by atoms with Crippen LogP contribution in [0.3, 0.4) is 0 Å². The third-order valence-corrected chi connectivity index (χ3v) is 4.76. The molecule has 0 aromatic carbocycles. The molecule has 1 atom stereocenters. The number of amides is 1. The summed E-state index contributed by atoms with van der Waals surface area (Å²) in [6.45, 7) is 3.83. The lowest BCUT2D eigenvalue weighted by molar-refractivity contribution is -0.143. The van der Waals surface area contributed by atoms with E-state index >= 15 is 0 Å². The summed E-state index contributed by atoms with van der Waals surface area (Å²) < 4.78 is 36.2. The molecule has 0 radical (unpaired) electrons. The zero-order valence-electron chi connectivity index (χ0n) is 11.8. The van der Waals surface area contributed by atoms with Gasteiger partial charge in [0.2, 0.25) is 10.0 Å². The molecule has 1 aliphatic rings. The highest BCUT2D eigenvalue weighted by atomic mass is 32.2. The highest BCUT2D eigenvalue weighted by Gasteiger charge is 2.43. The van der Waals surface area contributed by atoms with Crippen LogP contribution in [0.1, 0.15) is 39.5 Å². The maximum absolute atomic E-state index is 12.2. The van der Waals surface area contributed by atoms with Crippen molar-refractivity contribution >= 4 is 15.9 Å². The molecule has 0 bridgehead atoms. The molecular weight excluding hydrogens is 270 g/mol. The molecule has 19 heavy (non-hydrogen) atoms. The summed E-state index contributed by atoms with van der Waals surface area (Å²) in [5.41, 5.74) is -0.974. The third-order valence-electron chi connectivity index (χ3n) is 3.35. The molecular formula is C12H23NO5S. The van der Waals surface area contributed by atoms with Gasteiger partial charge in [-0.2, -0.15) is 0 Å². The lowest BCUT2D eigenvalue weighted by Crippen LogP contribution is -2.50. The molecule has 0 heterocycles. The Kier molecular flexibility index (Phi) is 5.76. The number of sulfonamides is 1. The van der Waals surface area contributed by atoms with Crippen molar-refractivity contribution in [3.63, 3.8) is 0 Å². The fourth-order valence-electron chi connectivity index (χ4n) is 2.31. The topological polar surface area (TPSA) is 81.7 Å². The van der Waals surface area contributed by atoms with E-state index < -0.39 is 27.6 Å². The molecule has 0 spiro atoms. The van der Waals surface area contributed by atoms with E-state index in [1.54, 1.807) is 13.8 Å². The molecule has 7 heteroatoms. The van der Waals surface area contributed by atoms with Crippen molar-refractivity contribution in [2.45, 2.75) is 51.2 Å². The molecule has 1 saturated carbocycles. The van der Waals surface area contributed by atoms with Crippen LogP contribution in [-0.4, -0.2) is 45.5 Å². The van der Waals surface area contributed by atoms with Gasteiger partial charge >= 0.3 is 0 Å². The first-order valence-corrected chi connectivity index (χ1v) is 8.22. The number of ether oxygens (including phenoxy) is 2. The zero-order chi connectivity index (χ0) is 14.5. The Hall–Kier alpha value is -0.660. The van der Waals surface area contributed by atoms with Crippen molar-refractivity contribution in [3.05, 3.63) is 0 Å². The van der Waals surface area contributed by atoms with Gasteiger partial charge in [-0.3, -0.25) is 9.52 Å². The normalized spacial score (nSPS) is 20.2. The summed E-state index contributed by atoms with van der Waals surface area (Å²) in [5.74, 6) is -0.785. The number of methoxy groups -OCH3 is 1. The number of carbonyl (C=O) groups is 1. The molecule has 1 rings (SSSR count). The van der Waals surface area contributed by atoms with Crippen LogP contribution < -0.4 is 4.72 Å². The highest BCUT2D eigenvalue weighted by Crippen LogP contribution is 2.33. The zero-order valence-corrected chi connectivity index (χ0v) is 12.6. The quantitative estimate of drug-likeness (QED) is 0.751. The minimum atomic E-state index is -3.69. The van der Waals surface area contributed by atoms with Crippen molar-refractivity contribution in [3.8, 4) is 0 Å². The Morgan fingerprint density at radius 2 is 1.95 bits per heavy atom. The summed E-state index contributed by atoms with van der Waals surface area (Å²) in [5, 5.41) is 0. The van der Waals surface area contributed by atoms with Gasteiger partial charge in [-0.25, -0.2) is 8.42 Å². The van der Waals surface area contributed by atoms with Crippen LogP contribution in [0.5, 0.6) is 0 Å². The highest BCUT2D eigenvalue weighted by molar-refractivity contribution is 7.90. The largest absolute Gasteiger partial charge is 0.381 e. The standard InChI is InChI=1S/C12H23NO5S/c1-4-18-12(7-5-6-8-12)11(14)13-19(15,16)9-10(2)17-3/h10H,4-9H2,1-3H3,(H,13,14)/t10-/m1/s1. The van der Waals surface area contributed by atoms with Gasteiger partial charge in [-0.1, -0.05) is 0 Å². The first-order chi connectivity index (χ1) is 8.85. The second-order valence-corrected chi connectivity index (χ2v) is 6.66. The van der Waals surface area contributed by atoms with E-state index in [0.29, 0.717) is 19.4 Å². The maximum atomic E-state index is 12.2. The van der Waals surface area contributed by atoms with E-state index in [1.165, 1.54) is 7.11 Å². The maximum Gasteiger partial charge on any atom is 0.265 e. The SMILES string of the molecule is CCOC1(C(=O)NS(=O)(=O)C[C@@H](C)OC)CCCC1. The number of hydrogen-bond donors (Lipinski definition) is 1. The molecule has 0 aromatic rings. The smallest absolute Gasteiger partial charge is 0.265 e. The van der Waals surface area contributed by atoms with E-state index in [4.69, 9.17) is 9.47 Å².